The minimum atomic E-state index is 0.107. The first-order valence-electron chi connectivity index (χ1n) is 6.50. The van der Waals surface area contributed by atoms with Crippen LogP contribution in [0.5, 0.6) is 5.75 Å². The Labute approximate surface area is 111 Å². The van der Waals surface area contributed by atoms with Crippen molar-refractivity contribution in [3.63, 3.8) is 0 Å². The minimum Gasteiger partial charge on any atom is -0.492 e. The molecule has 1 N–H and O–H groups in total. The van der Waals surface area contributed by atoms with E-state index in [0.717, 1.165) is 18.8 Å². The number of hydrogen-bond acceptors (Lipinski definition) is 2. The highest BCUT2D eigenvalue weighted by molar-refractivity contribution is 5.41. The van der Waals surface area contributed by atoms with Crippen molar-refractivity contribution in [3.8, 4) is 5.75 Å². The molecule has 0 aliphatic rings. The fraction of sp³-hybridized carbons (Fsp3) is 0.500. The second kappa shape index (κ2) is 6.60. The van der Waals surface area contributed by atoms with E-state index in [9.17, 15) is 0 Å². The molecule has 1 aromatic rings. The van der Waals surface area contributed by atoms with E-state index in [-0.39, 0.29) is 5.41 Å². The molecule has 0 heterocycles. The van der Waals surface area contributed by atoms with Crippen LogP contribution in [0.3, 0.4) is 0 Å². The maximum absolute atomic E-state index is 5.87. The van der Waals surface area contributed by atoms with Crippen molar-refractivity contribution in [2.24, 2.45) is 0 Å². The van der Waals surface area contributed by atoms with E-state index in [0.29, 0.717) is 6.61 Å². The highest BCUT2D eigenvalue weighted by atomic mass is 16.5. The molecule has 0 spiro atoms. The maximum atomic E-state index is 5.87. The molecule has 0 radical (unpaired) electrons. The zero-order valence-electron chi connectivity index (χ0n) is 12.0. The standard InChI is InChI=1S/C16H25NO/c1-6-9-17-10-11-18-15-8-7-13(2)12-14(15)16(3,4)5/h6-8,12,17H,1,9-11H2,2-5H3. The quantitative estimate of drug-likeness (QED) is 0.614. The monoisotopic (exact) mass is 247 g/mol. The molecule has 1 aromatic carbocycles. The number of hydrogen-bond donors (Lipinski definition) is 1. The molecule has 18 heavy (non-hydrogen) atoms. The number of benzene rings is 1. The Morgan fingerprint density at radius 2 is 2.06 bits per heavy atom. The molecule has 0 amide bonds. The van der Waals surface area contributed by atoms with Crippen molar-refractivity contribution in [1.82, 2.24) is 5.32 Å². The average Bonchev–Trinajstić information content (AvgIpc) is 2.29. The SMILES string of the molecule is C=CCNCCOc1ccc(C)cc1C(C)(C)C. The van der Waals surface area contributed by atoms with Gasteiger partial charge in [-0.15, -0.1) is 6.58 Å². The van der Waals surface area contributed by atoms with Crippen molar-refractivity contribution >= 4 is 0 Å². The summed E-state index contributed by atoms with van der Waals surface area (Å²) < 4.78 is 5.87. The molecule has 0 aromatic heterocycles. The van der Waals surface area contributed by atoms with Gasteiger partial charge >= 0.3 is 0 Å². The van der Waals surface area contributed by atoms with Crippen LogP contribution in [0.2, 0.25) is 0 Å². The molecule has 1 rings (SSSR count). The molecule has 0 unspecified atom stereocenters. The van der Waals surface area contributed by atoms with Crippen LogP contribution < -0.4 is 10.1 Å². The van der Waals surface area contributed by atoms with Crippen LogP contribution in [0.1, 0.15) is 31.9 Å². The summed E-state index contributed by atoms with van der Waals surface area (Å²) in [5, 5.41) is 3.23. The first-order chi connectivity index (χ1) is 8.45. The van der Waals surface area contributed by atoms with Gasteiger partial charge in [-0.1, -0.05) is 44.5 Å². The molecule has 0 atom stereocenters. The summed E-state index contributed by atoms with van der Waals surface area (Å²) in [6.07, 6.45) is 1.85. The van der Waals surface area contributed by atoms with Gasteiger partial charge in [0.05, 0.1) is 0 Å². The molecule has 0 saturated heterocycles. The Balaban J connectivity index is 2.67. The maximum Gasteiger partial charge on any atom is 0.123 e. The van der Waals surface area contributed by atoms with E-state index in [1.54, 1.807) is 0 Å². The average molecular weight is 247 g/mol. The first kappa shape index (κ1) is 14.8. The summed E-state index contributed by atoms with van der Waals surface area (Å²) >= 11 is 0. The fourth-order valence-corrected chi connectivity index (χ4v) is 1.79. The van der Waals surface area contributed by atoms with Crippen LogP contribution in [0.25, 0.3) is 0 Å². The van der Waals surface area contributed by atoms with Gasteiger partial charge in [0.15, 0.2) is 0 Å². The Morgan fingerprint density at radius 3 is 2.67 bits per heavy atom. The summed E-state index contributed by atoms with van der Waals surface area (Å²) in [5.74, 6) is 0.994. The normalized spacial score (nSPS) is 11.3. The summed E-state index contributed by atoms with van der Waals surface area (Å²) in [6, 6.07) is 6.39. The van der Waals surface area contributed by atoms with E-state index in [2.05, 4.69) is 57.8 Å². The Morgan fingerprint density at radius 1 is 1.33 bits per heavy atom. The lowest BCUT2D eigenvalue weighted by molar-refractivity contribution is 0.308. The van der Waals surface area contributed by atoms with Crippen LogP contribution in [-0.2, 0) is 5.41 Å². The molecule has 0 saturated carbocycles. The topological polar surface area (TPSA) is 21.3 Å². The zero-order valence-corrected chi connectivity index (χ0v) is 12.0. The van der Waals surface area contributed by atoms with Crippen molar-refractivity contribution in [3.05, 3.63) is 42.0 Å². The van der Waals surface area contributed by atoms with Crippen LogP contribution in [0, 0.1) is 6.92 Å². The van der Waals surface area contributed by atoms with Crippen LogP contribution in [0.4, 0.5) is 0 Å². The van der Waals surface area contributed by atoms with Gasteiger partial charge in [-0.05, 0) is 24.0 Å². The van der Waals surface area contributed by atoms with Gasteiger partial charge in [0.25, 0.3) is 0 Å². The first-order valence-corrected chi connectivity index (χ1v) is 6.50. The molecule has 2 nitrogen and oxygen atoms in total. The smallest absolute Gasteiger partial charge is 0.123 e. The van der Waals surface area contributed by atoms with Crippen LogP contribution >= 0.6 is 0 Å². The summed E-state index contributed by atoms with van der Waals surface area (Å²) in [6.45, 7) is 14.8. The predicted octanol–water partition coefficient (Wildman–Crippen LogP) is 3.45. The summed E-state index contributed by atoms with van der Waals surface area (Å²) in [5.41, 5.74) is 2.65. The Kier molecular flexibility index (Phi) is 5.42. The third-order valence-corrected chi connectivity index (χ3v) is 2.77. The Bertz CT molecular complexity index is 391. The predicted molar refractivity (Wildman–Crippen MR) is 78.4 cm³/mol. The third kappa shape index (κ3) is 4.53. The zero-order chi connectivity index (χ0) is 13.6. The number of nitrogens with one attached hydrogen (secondary N) is 1. The largest absolute Gasteiger partial charge is 0.492 e. The van der Waals surface area contributed by atoms with Crippen LogP contribution in [-0.4, -0.2) is 19.7 Å². The molecule has 0 aliphatic carbocycles. The van der Waals surface area contributed by atoms with Crippen LogP contribution in [0.15, 0.2) is 30.9 Å². The van der Waals surface area contributed by atoms with Gasteiger partial charge in [-0.2, -0.15) is 0 Å². The van der Waals surface area contributed by atoms with Crippen molar-refractivity contribution < 1.29 is 4.74 Å². The van der Waals surface area contributed by atoms with Gasteiger partial charge in [0.2, 0.25) is 0 Å². The molecule has 100 valence electrons. The fourth-order valence-electron chi connectivity index (χ4n) is 1.79. The number of rotatable bonds is 6. The van der Waals surface area contributed by atoms with E-state index in [1.807, 2.05) is 6.08 Å². The summed E-state index contributed by atoms with van der Waals surface area (Å²) in [7, 11) is 0. The molecular weight excluding hydrogens is 222 g/mol. The Hall–Kier alpha value is -1.28. The van der Waals surface area contributed by atoms with Gasteiger partial charge in [-0.25, -0.2) is 0 Å². The molecular formula is C16H25NO. The molecule has 0 bridgehead atoms. The lowest BCUT2D eigenvalue weighted by Crippen LogP contribution is -2.22. The van der Waals surface area contributed by atoms with Crippen molar-refractivity contribution in [2.45, 2.75) is 33.1 Å². The van der Waals surface area contributed by atoms with E-state index in [4.69, 9.17) is 4.74 Å². The van der Waals surface area contributed by atoms with E-state index in [1.165, 1.54) is 11.1 Å². The second-order valence-electron chi connectivity index (χ2n) is 5.59. The molecule has 2 heteroatoms. The van der Waals surface area contributed by atoms with Gasteiger partial charge in [0, 0.05) is 13.1 Å². The molecule has 0 aliphatic heterocycles. The third-order valence-electron chi connectivity index (χ3n) is 2.77. The molecule has 0 fully saturated rings. The van der Waals surface area contributed by atoms with Crippen molar-refractivity contribution in [2.75, 3.05) is 19.7 Å². The highest BCUT2D eigenvalue weighted by Gasteiger charge is 2.18. The van der Waals surface area contributed by atoms with Gasteiger partial charge in [-0.3, -0.25) is 0 Å². The van der Waals surface area contributed by atoms with Crippen molar-refractivity contribution in [1.29, 1.82) is 0 Å². The minimum absolute atomic E-state index is 0.107. The number of aryl methyl sites for hydroxylation is 1. The van der Waals surface area contributed by atoms with E-state index >= 15 is 0 Å². The second-order valence-corrected chi connectivity index (χ2v) is 5.59. The highest BCUT2D eigenvalue weighted by Crippen LogP contribution is 2.31. The van der Waals surface area contributed by atoms with Gasteiger partial charge in [0.1, 0.15) is 12.4 Å². The van der Waals surface area contributed by atoms with Gasteiger partial charge < -0.3 is 10.1 Å². The van der Waals surface area contributed by atoms with E-state index < -0.39 is 0 Å². The lowest BCUT2D eigenvalue weighted by Gasteiger charge is -2.23. The lowest BCUT2D eigenvalue weighted by atomic mass is 9.85. The summed E-state index contributed by atoms with van der Waals surface area (Å²) in [4.78, 5) is 0. The number of ether oxygens (including phenoxy) is 1.